The molecule has 2 aromatic heterocycles. The molecule has 0 saturated carbocycles. The van der Waals surface area contributed by atoms with Crippen molar-refractivity contribution in [1.82, 2.24) is 5.16 Å². The smallest absolute Gasteiger partial charge is 0.179 e. The van der Waals surface area contributed by atoms with Crippen LogP contribution in [0.15, 0.2) is 28.8 Å². The molecule has 0 unspecified atom stereocenters. The van der Waals surface area contributed by atoms with E-state index < -0.39 is 5.82 Å². The molecule has 2 N–H and O–H groups in total. The van der Waals surface area contributed by atoms with Crippen LogP contribution >= 0.6 is 46.1 Å². The first-order valence-corrected chi connectivity index (χ1v) is 7.58. The minimum absolute atomic E-state index is 0.0235. The number of nitrogens with zero attached hydrogens (tertiary/aromatic N) is 1. The fourth-order valence-corrected chi connectivity index (χ4v) is 3.68. The van der Waals surface area contributed by atoms with E-state index in [1.165, 1.54) is 12.1 Å². The topological polar surface area (TPSA) is 52.0 Å². The van der Waals surface area contributed by atoms with Gasteiger partial charge in [0.25, 0.3) is 0 Å². The predicted molar refractivity (Wildman–Crippen MR) is 84.7 cm³/mol. The van der Waals surface area contributed by atoms with Gasteiger partial charge >= 0.3 is 0 Å². The number of rotatable bonds is 2. The van der Waals surface area contributed by atoms with Crippen LogP contribution in [0.2, 0.25) is 13.7 Å². The van der Waals surface area contributed by atoms with Gasteiger partial charge in [0.05, 0.1) is 20.5 Å². The van der Waals surface area contributed by atoms with E-state index in [-0.39, 0.29) is 27.7 Å². The molecule has 1 aromatic carbocycles. The molecular weight excluding hydrogens is 358 g/mol. The highest BCUT2D eigenvalue weighted by atomic mass is 35.5. The summed E-state index contributed by atoms with van der Waals surface area (Å²) in [6.07, 6.45) is 0. The van der Waals surface area contributed by atoms with E-state index in [4.69, 9.17) is 45.1 Å². The number of thiophene rings is 1. The SMILES string of the molecule is Nc1noc(-c2cc(Cl)sc2Cl)c1-c1c(F)cccc1Cl. The maximum absolute atomic E-state index is 14.1. The summed E-state index contributed by atoms with van der Waals surface area (Å²) < 4.78 is 20.2. The summed E-state index contributed by atoms with van der Waals surface area (Å²) >= 11 is 19.3. The van der Waals surface area contributed by atoms with Crippen molar-refractivity contribution in [2.24, 2.45) is 0 Å². The van der Waals surface area contributed by atoms with Crippen molar-refractivity contribution in [1.29, 1.82) is 0 Å². The van der Waals surface area contributed by atoms with Crippen molar-refractivity contribution in [2.45, 2.75) is 0 Å². The van der Waals surface area contributed by atoms with Crippen LogP contribution in [0.25, 0.3) is 22.5 Å². The molecule has 0 aliphatic rings. The van der Waals surface area contributed by atoms with E-state index in [9.17, 15) is 4.39 Å². The zero-order valence-electron chi connectivity index (χ0n) is 10.2. The van der Waals surface area contributed by atoms with E-state index in [1.54, 1.807) is 12.1 Å². The van der Waals surface area contributed by atoms with Crippen LogP contribution in [0.5, 0.6) is 0 Å². The van der Waals surface area contributed by atoms with Gasteiger partial charge in [0, 0.05) is 5.56 Å². The molecule has 108 valence electrons. The summed E-state index contributed by atoms with van der Waals surface area (Å²) in [6, 6.07) is 5.93. The average molecular weight is 364 g/mol. The van der Waals surface area contributed by atoms with Gasteiger partial charge in [-0.3, -0.25) is 0 Å². The van der Waals surface area contributed by atoms with Gasteiger partial charge in [-0.1, -0.05) is 46.0 Å². The van der Waals surface area contributed by atoms with E-state index in [2.05, 4.69) is 5.16 Å². The number of hydrogen-bond acceptors (Lipinski definition) is 4. The number of nitrogens with two attached hydrogens (primary N) is 1. The maximum Gasteiger partial charge on any atom is 0.179 e. The predicted octanol–water partition coefficient (Wildman–Crippen LogP) is 5.75. The lowest BCUT2D eigenvalue weighted by atomic mass is 10.0. The molecule has 0 aliphatic heterocycles. The van der Waals surface area contributed by atoms with Crippen molar-refractivity contribution in [3.05, 3.63) is 43.8 Å². The Balaban J connectivity index is 2.30. The minimum Gasteiger partial charge on any atom is -0.380 e. The molecule has 0 bridgehead atoms. The molecule has 0 saturated heterocycles. The minimum atomic E-state index is -0.531. The fourth-order valence-electron chi connectivity index (χ4n) is 1.96. The molecule has 3 rings (SSSR count). The Morgan fingerprint density at radius 3 is 2.57 bits per heavy atom. The lowest BCUT2D eigenvalue weighted by Crippen LogP contribution is -1.92. The highest BCUT2D eigenvalue weighted by Crippen LogP contribution is 2.46. The second-order valence-corrected chi connectivity index (χ2v) is 6.80. The second-order valence-electron chi connectivity index (χ2n) is 4.11. The Morgan fingerprint density at radius 2 is 1.95 bits per heavy atom. The van der Waals surface area contributed by atoms with Gasteiger partial charge in [-0.15, -0.1) is 11.3 Å². The van der Waals surface area contributed by atoms with Crippen LogP contribution in [0.1, 0.15) is 0 Å². The third kappa shape index (κ3) is 2.51. The highest BCUT2D eigenvalue weighted by molar-refractivity contribution is 7.20. The van der Waals surface area contributed by atoms with Crippen molar-refractivity contribution < 1.29 is 8.91 Å². The highest BCUT2D eigenvalue weighted by Gasteiger charge is 2.25. The van der Waals surface area contributed by atoms with Gasteiger partial charge in [0.15, 0.2) is 11.6 Å². The lowest BCUT2D eigenvalue weighted by molar-refractivity contribution is 0.436. The molecule has 8 heteroatoms. The standard InChI is InChI=1S/C13H6Cl3FN2OS/c14-6-2-1-3-7(17)9(6)10-11(20-19-13(10)18)5-4-8(15)21-12(5)16/h1-4H,(H2,18,19). The van der Waals surface area contributed by atoms with Crippen molar-refractivity contribution >= 4 is 52.0 Å². The first-order chi connectivity index (χ1) is 9.99. The van der Waals surface area contributed by atoms with Gasteiger partial charge in [-0.2, -0.15) is 0 Å². The molecule has 2 heterocycles. The molecule has 0 spiro atoms. The van der Waals surface area contributed by atoms with Crippen molar-refractivity contribution in [2.75, 3.05) is 5.73 Å². The first kappa shape index (κ1) is 14.7. The number of halogens is 4. The van der Waals surface area contributed by atoms with Crippen LogP contribution in [0, 0.1) is 5.82 Å². The Bertz CT molecular complexity index is 811. The molecule has 3 nitrogen and oxygen atoms in total. The monoisotopic (exact) mass is 362 g/mol. The zero-order valence-corrected chi connectivity index (χ0v) is 13.2. The molecule has 0 atom stereocenters. The first-order valence-electron chi connectivity index (χ1n) is 5.63. The fraction of sp³-hybridized carbons (Fsp3) is 0. The van der Waals surface area contributed by atoms with Crippen LogP contribution in [0.3, 0.4) is 0 Å². The normalized spacial score (nSPS) is 11.0. The van der Waals surface area contributed by atoms with E-state index in [0.29, 0.717) is 14.2 Å². The zero-order chi connectivity index (χ0) is 15.1. The molecule has 0 aliphatic carbocycles. The number of aromatic nitrogens is 1. The molecule has 3 aromatic rings. The number of hydrogen-bond donors (Lipinski definition) is 1. The van der Waals surface area contributed by atoms with E-state index in [1.807, 2.05) is 0 Å². The summed E-state index contributed by atoms with van der Waals surface area (Å²) in [5.74, 6) is -0.279. The summed E-state index contributed by atoms with van der Waals surface area (Å²) in [7, 11) is 0. The summed E-state index contributed by atoms with van der Waals surface area (Å²) in [5, 5.41) is 3.88. The van der Waals surface area contributed by atoms with Crippen molar-refractivity contribution in [3.8, 4) is 22.5 Å². The Kier molecular flexibility index (Phi) is 3.84. The lowest BCUT2D eigenvalue weighted by Gasteiger charge is -2.06. The van der Waals surface area contributed by atoms with E-state index >= 15 is 0 Å². The summed E-state index contributed by atoms with van der Waals surface area (Å²) in [6.45, 7) is 0. The number of anilines is 1. The Labute approximate surface area is 138 Å². The molecular formula is C13H6Cl3FN2OS. The van der Waals surface area contributed by atoms with Crippen LogP contribution < -0.4 is 5.73 Å². The van der Waals surface area contributed by atoms with Gasteiger partial charge < -0.3 is 10.3 Å². The maximum atomic E-state index is 14.1. The molecule has 0 amide bonds. The average Bonchev–Trinajstić information content (AvgIpc) is 2.93. The van der Waals surface area contributed by atoms with Crippen molar-refractivity contribution in [3.63, 3.8) is 0 Å². The molecule has 21 heavy (non-hydrogen) atoms. The third-order valence-corrected chi connectivity index (χ3v) is 4.64. The van der Waals surface area contributed by atoms with Crippen LogP contribution in [-0.2, 0) is 0 Å². The molecule has 0 fully saturated rings. The second kappa shape index (κ2) is 5.50. The quantitative estimate of drug-likeness (QED) is 0.630. The Hall–Kier alpha value is -1.27. The number of nitrogen functional groups attached to an aromatic ring is 1. The molecule has 0 radical (unpaired) electrons. The van der Waals surface area contributed by atoms with Gasteiger partial charge in [-0.25, -0.2) is 4.39 Å². The summed E-state index contributed by atoms with van der Waals surface area (Å²) in [5.41, 5.74) is 6.67. The van der Waals surface area contributed by atoms with E-state index in [0.717, 1.165) is 11.3 Å². The third-order valence-electron chi connectivity index (χ3n) is 2.83. The van der Waals surface area contributed by atoms with Gasteiger partial charge in [0.2, 0.25) is 0 Å². The van der Waals surface area contributed by atoms with Crippen LogP contribution in [-0.4, -0.2) is 5.16 Å². The van der Waals surface area contributed by atoms with Crippen LogP contribution in [0.4, 0.5) is 10.2 Å². The largest absolute Gasteiger partial charge is 0.380 e. The van der Waals surface area contributed by atoms with Gasteiger partial charge in [0.1, 0.15) is 10.2 Å². The van der Waals surface area contributed by atoms with Gasteiger partial charge in [-0.05, 0) is 18.2 Å². The Morgan fingerprint density at radius 1 is 1.19 bits per heavy atom. The number of benzene rings is 1. The summed E-state index contributed by atoms with van der Waals surface area (Å²) in [4.78, 5) is 0.